The van der Waals surface area contributed by atoms with Gasteiger partial charge in [-0.3, -0.25) is 9.89 Å². The van der Waals surface area contributed by atoms with Crippen LogP contribution in [0.15, 0.2) is 0 Å². The molecule has 0 fully saturated rings. The first kappa shape index (κ1) is 14.6. The van der Waals surface area contributed by atoms with Gasteiger partial charge in [-0.1, -0.05) is 6.92 Å². The molecule has 7 heteroatoms. The summed E-state index contributed by atoms with van der Waals surface area (Å²) in [4.78, 5) is 15.9. The van der Waals surface area contributed by atoms with E-state index < -0.39 is 0 Å². The van der Waals surface area contributed by atoms with Crippen LogP contribution in [0.2, 0.25) is 0 Å². The number of aromatic nitrogens is 3. The van der Waals surface area contributed by atoms with Gasteiger partial charge in [0.1, 0.15) is 5.82 Å². The van der Waals surface area contributed by atoms with Crippen LogP contribution >= 0.6 is 0 Å². The minimum absolute atomic E-state index is 0.106. The van der Waals surface area contributed by atoms with Crippen molar-refractivity contribution in [3.63, 3.8) is 0 Å². The minimum Gasteiger partial charge on any atom is -0.394 e. The molecular formula is C11H20N4O3. The number of aliphatic hydroxyl groups excluding tert-OH is 1. The molecule has 0 aliphatic rings. The highest BCUT2D eigenvalue weighted by Gasteiger charge is 2.16. The smallest absolute Gasteiger partial charge is 0.291 e. The van der Waals surface area contributed by atoms with Gasteiger partial charge in [-0.15, -0.1) is 5.10 Å². The average Bonchev–Trinajstić information content (AvgIpc) is 2.83. The van der Waals surface area contributed by atoms with Crippen molar-refractivity contribution < 1.29 is 14.6 Å². The Morgan fingerprint density at radius 3 is 3.00 bits per heavy atom. The zero-order valence-corrected chi connectivity index (χ0v) is 10.8. The molecule has 1 aromatic heterocycles. The summed E-state index contributed by atoms with van der Waals surface area (Å²) >= 11 is 0. The van der Waals surface area contributed by atoms with Crippen molar-refractivity contribution in [1.29, 1.82) is 0 Å². The molecular weight excluding hydrogens is 236 g/mol. The molecule has 0 saturated heterocycles. The fourth-order valence-corrected chi connectivity index (χ4v) is 1.46. The molecule has 1 rings (SSSR count). The topological polar surface area (TPSA) is 100 Å². The van der Waals surface area contributed by atoms with Crippen molar-refractivity contribution in [1.82, 2.24) is 20.5 Å². The van der Waals surface area contributed by atoms with Gasteiger partial charge < -0.3 is 15.2 Å². The number of H-pyrrole nitrogens is 1. The van der Waals surface area contributed by atoms with Crippen LogP contribution in [0.3, 0.4) is 0 Å². The molecule has 0 bridgehead atoms. The maximum absolute atomic E-state index is 11.8. The van der Waals surface area contributed by atoms with Crippen molar-refractivity contribution in [2.45, 2.75) is 32.2 Å². The third-order valence-electron chi connectivity index (χ3n) is 2.45. The van der Waals surface area contributed by atoms with E-state index in [0.717, 1.165) is 12.8 Å². The number of carbonyl (C=O) groups excluding carboxylic acids is 1. The molecule has 0 spiro atoms. The third-order valence-corrected chi connectivity index (χ3v) is 2.45. The zero-order valence-electron chi connectivity index (χ0n) is 10.8. The van der Waals surface area contributed by atoms with Crippen LogP contribution < -0.4 is 5.32 Å². The van der Waals surface area contributed by atoms with Gasteiger partial charge in [0.05, 0.1) is 12.6 Å². The number of methoxy groups -OCH3 is 1. The summed E-state index contributed by atoms with van der Waals surface area (Å²) in [7, 11) is 1.57. The molecule has 3 N–H and O–H groups in total. The maximum Gasteiger partial charge on any atom is 0.291 e. The Balaban J connectivity index is 2.51. The fourth-order valence-electron chi connectivity index (χ4n) is 1.46. The number of aliphatic hydroxyl groups is 1. The van der Waals surface area contributed by atoms with Crippen molar-refractivity contribution >= 4 is 5.91 Å². The van der Waals surface area contributed by atoms with E-state index in [1.54, 1.807) is 7.11 Å². The minimum atomic E-state index is -0.385. The number of aryl methyl sites for hydroxylation is 1. The van der Waals surface area contributed by atoms with Crippen molar-refractivity contribution in [3.05, 3.63) is 11.6 Å². The monoisotopic (exact) mass is 256 g/mol. The molecule has 0 radical (unpaired) electrons. The Morgan fingerprint density at radius 2 is 2.39 bits per heavy atom. The summed E-state index contributed by atoms with van der Waals surface area (Å²) in [5, 5.41) is 18.3. The van der Waals surface area contributed by atoms with Crippen LogP contribution in [-0.2, 0) is 11.2 Å². The molecule has 1 unspecified atom stereocenters. The Hall–Kier alpha value is -1.47. The third kappa shape index (κ3) is 4.42. The molecule has 1 aromatic rings. The number of carbonyl (C=O) groups is 1. The second-order valence-electron chi connectivity index (χ2n) is 3.99. The number of amides is 1. The van der Waals surface area contributed by atoms with E-state index in [1.807, 2.05) is 6.92 Å². The number of ether oxygens (including phenoxy) is 1. The van der Waals surface area contributed by atoms with Crippen molar-refractivity contribution in [2.24, 2.45) is 0 Å². The average molecular weight is 256 g/mol. The lowest BCUT2D eigenvalue weighted by Gasteiger charge is -2.14. The van der Waals surface area contributed by atoms with E-state index in [1.165, 1.54) is 0 Å². The Labute approximate surface area is 106 Å². The van der Waals surface area contributed by atoms with Crippen LogP contribution in [-0.4, -0.2) is 52.6 Å². The van der Waals surface area contributed by atoms with Gasteiger partial charge in [0.15, 0.2) is 0 Å². The number of hydrogen-bond acceptors (Lipinski definition) is 5. The lowest BCUT2D eigenvalue weighted by molar-refractivity contribution is 0.0884. The summed E-state index contributed by atoms with van der Waals surface area (Å²) in [6.45, 7) is 2.36. The predicted molar refractivity (Wildman–Crippen MR) is 65.2 cm³/mol. The molecule has 1 atom stereocenters. The van der Waals surface area contributed by atoms with Gasteiger partial charge in [0.2, 0.25) is 5.82 Å². The van der Waals surface area contributed by atoms with Gasteiger partial charge in [0, 0.05) is 20.1 Å². The molecule has 0 saturated carbocycles. The molecule has 7 nitrogen and oxygen atoms in total. The Morgan fingerprint density at radius 1 is 1.61 bits per heavy atom. The Bertz CT molecular complexity index is 367. The molecule has 1 amide bonds. The van der Waals surface area contributed by atoms with Gasteiger partial charge in [-0.25, -0.2) is 4.98 Å². The molecule has 0 aliphatic heterocycles. The molecule has 1 heterocycles. The maximum atomic E-state index is 11.8. The molecule has 0 aliphatic carbocycles. The summed E-state index contributed by atoms with van der Waals surface area (Å²) in [5.74, 6) is 0.415. The standard InChI is InChI=1S/C11H20N4O3/c1-3-4-9-13-10(15-14-9)11(17)12-8(7-16)5-6-18-2/h8,16H,3-7H2,1-2H3,(H,12,17)(H,13,14,15). The number of hydrogen-bond donors (Lipinski definition) is 3. The van der Waals surface area contributed by atoms with E-state index >= 15 is 0 Å². The van der Waals surface area contributed by atoms with Crippen LogP contribution in [0.25, 0.3) is 0 Å². The zero-order chi connectivity index (χ0) is 13.4. The van der Waals surface area contributed by atoms with Gasteiger partial charge in [-0.05, 0) is 12.8 Å². The summed E-state index contributed by atoms with van der Waals surface area (Å²) in [6.07, 6.45) is 2.24. The molecule has 0 aromatic carbocycles. The van der Waals surface area contributed by atoms with Crippen LogP contribution in [0.1, 0.15) is 36.2 Å². The largest absolute Gasteiger partial charge is 0.394 e. The summed E-state index contributed by atoms with van der Waals surface area (Å²) in [5.41, 5.74) is 0. The van der Waals surface area contributed by atoms with E-state index in [0.29, 0.717) is 18.9 Å². The van der Waals surface area contributed by atoms with Crippen LogP contribution in [0.5, 0.6) is 0 Å². The lowest BCUT2D eigenvalue weighted by Crippen LogP contribution is -2.38. The highest BCUT2D eigenvalue weighted by Crippen LogP contribution is 1.98. The van der Waals surface area contributed by atoms with E-state index in [2.05, 4.69) is 20.5 Å². The fraction of sp³-hybridized carbons (Fsp3) is 0.727. The molecule has 102 valence electrons. The predicted octanol–water partition coefficient (Wildman–Crippen LogP) is -0.116. The molecule has 18 heavy (non-hydrogen) atoms. The highest BCUT2D eigenvalue weighted by atomic mass is 16.5. The van der Waals surface area contributed by atoms with Gasteiger partial charge in [-0.2, -0.15) is 0 Å². The first-order valence-electron chi connectivity index (χ1n) is 6.03. The quantitative estimate of drug-likeness (QED) is 0.602. The first-order valence-corrected chi connectivity index (χ1v) is 6.03. The van der Waals surface area contributed by atoms with Crippen molar-refractivity contribution in [3.8, 4) is 0 Å². The van der Waals surface area contributed by atoms with E-state index in [4.69, 9.17) is 9.84 Å². The highest BCUT2D eigenvalue weighted by molar-refractivity contribution is 5.90. The normalized spacial score (nSPS) is 12.4. The van der Waals surface area contributed by atoms with Crippen LogP contribution in [0, 0.1) is 0 Å². The number of rotatable bonds is 8. The van der Waals surface area contributed by atoms with Gasteiger partial charge in [0.25, 0.3) is 5.91 Å². The van der Waals surface area contributed by atoms with E-state index in [-0.39, 0.29) is 24.4 Å². The second kappa shape index (κ2) is 7.78. The number of aromatic amines is 1. The first-order chi connectivity index (χ1) is 8.71. The lowest BCUT2D eigenvalue weighted by atomic mass is 10.2. The summed E-state index contributed by atoms with van der Waals surface area (Å²) in [6, 6.07) is -0.342. The Kier molecular flexibility index (Phi) is 6.31. The van der Waals surface area contributed by atoms with Crippen molar-refractivity contribution in [2.75, 3.05) is 20.3 Å². The van der Waals surface area contributed by atoms with Crippen LogP contribution in [0.4, 0.5) is 0 Å². The van der Waals surface area contributed by atoms with E-state index in [9.17, 15) is 4.79 Å². The van der Waals surface area contributed by atoms with Gasteiger partial charge >= 0.3 is 0 Å². The number of nitrogens with one attached hydrogen (secondary N) is 2. The second-order valence-corrected chi connectivity index (χ2v) is 3.99. The summed E-state index contributed by atoms with van der Waals surface area (Å²) < 4.78 is 4.90. The number of nitrogens with zero attached hydrogens (tertiary/aromatic N) is 2. The SMILES string of the molecule is CCCc1nc(C(=O)NC(CO)CCOC)n[nH]1.